The van der Waals surface area contributed by atoms with Crippen LogP contribution in [0.2, 0.25) is 0 Å². The summed E-state index contributed by atoms with van der Waals surface area (Å²) >= 11 is 0. The molecule has 1 aliphatic heterocycles. The summed E-state index contributed by atoms with van der Waals surface area (Å²) < 4.78 is 0. The van der Waals surface area contributed by atoms with Crippen molar-refractivity contribution in [3.63, 3.8) is 0 Å². The fourth-order valence-corrected chi connectivity index (χ4v) is 1.78. The highest BCUT2D eigenvalue weighted by Crippen LogP contribution is 2.31. The highest BCUT2D eigenvalue weighted by molar-refractivity contribution is 5.18. The molecular formula is C11H15NO2. The van der Waals surface area contributed by atoms with Crippen LogP contribution >= 0.6 is 0 Å². The van der Waals surface area contributed by atoms with Crippen molar-refractivity contribution in [1.82, 2.24) is 5.06 Å². The minimum absolute atomic E-state index is 0.0957. The number of rotatable bonds is 2. The van der Waals surface area contributed by atoms with Gasteiger partial charge in [-0.25, -0.2) is 0 Å². The predicted molar refractivity (Wildman–Crippen MR) is 53.5 cm³/mol. The first-order valence-corrected chi connectivity index (χ1v) is 4.86. The van der Waals surface area contributed by atoms with E-state index in [0.29, 0.717) is 0 Å². The Morgan fingerprint density at radius 2 is 2.14 bits per heavy atom. The molecule has 0 bridgehead atoms. The van der Waals surface area contributed by atoms with E-state index >= 15 is 0 Å². The van der Waals surface area contributed by atoms with Crippen LogP contribution in [0.15, 0.2) is 30.3 Å². The number of nitrogens with zero attached hydrogens (tertiary/aromatic N) is 1. The molecule has 1 aromatic rings. The third kappa shape index (κ3) is 1.80. The average Bonchev–Trinajstić information content (AvgIpc) is 2.61. The van der Waals surface area contributed by atoms with Gasteiger partial charge in [-0.15, -0.1) is 0 Å². The van der Waals surface area contributed by atoms with Gasteiger partial charge in [0.15, 0.2) is 0 Å². The van der Waals surface area contributed by atoms with Crippen LogP contribution in [0.4, 0.5) is 0 Å². The van der Waals surface area contributed by atoms with Crippen LogP contribution in [0.5, 0.6) is 0 Å². The third-order valence-electron chi connectivity index (χ3n) is 2.68. The topological polar surface area (TPSA) is 32.7 Å². The molecule has 14 heavy (non-hydrogen) atoms. The van der Waals surface area contributed by atoms with Crippen LogP contribution in [-0.4, -0.2) is 29.9 Å². The van der Waals surface area contributed by atoms with Crippen molar-refractivity contribution in [2.75, 3.05) is 13.7 Å². The van der Waals surface area contributed by atoms with Gasteiger partial charge < -0.3 is 5.11 Å². The molecule has 2 rings (SSSR count). The van der Waals surface area contributed by atoms with E-state index in [9.17, 15) is 0 Å². The highest BCUT2D eigenvalue weighted by atomic mass is 16.7. The summed E-state index contributed by atoms with van der Waals surface area (Å²) in [5.74, 6) is 0. The van der Waals surface area contributed by atoms with Gasteiger partial charge in [0, 0.05) is 7.05 Å². The molecule has 1 fully saturated rings. The minimum Gasteiger partial charge on any atom is -0.395 e. The number of hydrogen-bond donors (Lipinski definition) is 1. The quantitative estimate of drug-likeness (QED) is 0.769. The molecule has 0 amide bonds. The Morgan fingerprint density at radius 3 is 2.71 bits per heavy atom. The molecule has 2 atom stereocenters. The van der Waals surface area contributed by atoms with Crippen LogP contribution < -0.4 is 0 Å². The molecule has 1 heterocycles. The summed E-state index contributed by atoms with van der Waals surface area (Å²) in [5, 5.41) is 10.8. The molecule has 3 heteroatoms. The van der Waals surface area contributed by atoms with Crippen molar-refractivity contribution in [3.05, 3.63) is 35.9 Å². The smallest absolute Gasteiger partial charge is 0.106 e. The van der Waals surface area contributed by atoms with E-state index in [0.717, 1.165) is 6.42 Å². The van der Waals surface area contributed by atoms with E-state index in [2.05, 4.69) is 12.1 Å². The summed E-state index contributed by atoms with van der Waals surface area (Å²) in [6.45, 7) is 0.153. The summed E-state index contributed by atoms with van der Waals surface area (Å²) in [6, 6.07) is 10.2. The maximum Gasteiger partial charge on any atom is 0.106 e. The fraction of sp³-hybridized carbons (Fsp3) is 0.455. The number of likely N-dealkylation sites (N-methyl/N-ethyl adjacent to an activating group) is 1. The Kier molecular flexibility index (Phi) is 2.82. The van der Waals surface area contributed by atoms with Crippen LogP contribution in [-0.2, 0) is 4.84 Å². The normalized spacial score (nSPS) is 28.1. The lowest BCUT2D eigenvalue weighted by Crippen LogP contribution is -2.26. The second-order valence-electron chi connectivity index (χ2n) is 3.62. The number of hydrogen-bond acceptors (Lipinski definition) is 3. The fourth-order valence-electron chi connectivity index (χ4n) is 1.78. The number of aliphatic hydroxyl groups is 1. The van der Waals surface area contributed by atoms with E-state index < -0.39 is 0 Å². The van der Waals surface area contributed by atoms with E-state index in [-0.39, 0.29) is 18.8 Å². The van der Waals surface area contributed by atoms with Crippen molar-refractivity contribution in [2.24, 2.45) is 0 Å². The first-order chi connectivity index (χ1) is 6.81. The molecule has 0 spiro atoms. The van der Waals surface area contributed by atoms with Gasteiger partial charge in [0.1, 0.15) is 6.10 Å². The molecule has 1 N–H and O–H groups in total. The first-order valence-electron chi connectivity index (χ1n) is 4.86. The van der Waals surface area contributed by atoms with Crippen molar-refractivity contribution in [3.8, 4) is 0 Å². The molecular weight excluding hydrogens is 178 g/mol. The standard InChI is InChI=1S/C11H15NO2/c1-12-10(8-13)7-11(14-12)9-5-3-2-4-6-9/h2-6,10-11,13H,7-8H2,1H3/t10-,11-/m1/s1. The number of hydroxylamine groups is 2. The molecule has 0 unspecified atom stereocenters. The van der Waals surface area contributed by atoms with Gasteiger partial charge in [-0.3, -0.25) is 4.84 Å². The lowest BCUT2D eigenvalue weighted by atomic mass is 10.0. The molecule has 0 radical (unpaired) electrons. The van der Waals surface area contributed by atoms with E-state index in [1.165, 1.54) is 5.56 Å². The molecule has 1 aromatic carbocycles. The minimum atomic E-state index is 0.0957. The van der Waals surface area contributed by atoms with Crippen molar-refractivity contribution in [1.29, 1.82) is 0 Å². The maximum absolute atomic E-state index is 9.08. The summed E-state index contributed by atoms with van der Waals surface area (Å²) in [6.07, 6.45) is 0.954. The Morgan fingerprint density at radius 1 is 1.43 bits per heavy atom. The van der Waals surface area contributed by atoms with E-state index in [1.54, 1.807) is 5.06 Å². The van der Waals surface area contributed by atoms with Crippen molar-refractivity contribution in [2.45, 2.75) is 18.6 Å². The highest BCUT2D eigenvalue weighted by Gasteiger charge is 2.30. The molecule has 1 aliphatic rings. The third-order valence-corrected chi connectivity index (χ3v) is 2.68. The number of aliphatic hydroxyl groups excluding tert-OH is 1. The lowest BCUT2D eigenvalue weighted by molar-refractivity contribution is -0.149. The molecule has 0 saturated carbocycles. The van der Waals surface area contributed by atoms with E-state index in [4.69, 9.17) is 9.94 Å². The summed E-state index contributed by atoms with van der Waals surface area (Å²) in [5.41, 5.74) is 1.18. The van der Waals surface area contributed by atoms with Gasteiger partial charge >= 0.3 is 0 Å². The first kappa shape index (κ1) is 9.65. The van der Waals surface area contributed by atoms with Gasteiger partial charge in [0.05, 0.1) is 12.6 Å². The Balaban J connectivity index is 2.09. The zero-order valence-electron chi connectivity index (χ0n) is 8.26. The SMILES string of the molecule is CN1O[C@@H](c2ccccc2)C[C@@H]1CO. The maximum atomic E-state index is 9.08. The van der Waals surface area contributed by atoms with Crippen molar-refractivity contribution < 1.29 is 9.94 Å². The molecule has 3 nitrogen and oxygen atoms in total. The van der Waals surface area contributed by atoms with Gasteiger partial charge in [-0.1, -0.05) is 30.3 Å². The second-order valence-corrected chi connectivity index (χ2v) is 3.62. The van der Waals surface area contributed by atoms with Crippen LogP contribution in [0.3, 0.4) is 0 Å². The zero-order valence-corrected chi connectivity index (χ0v) is 8.26. The van der Waals surface area contributed by atoms with Gasteiger partial charge in [-0.2, -0.15) is 5.06 Å². The van der Waals surface area contributed by atoms with Gasteiger partial charge in [-0.05, 0) is 12.0 Å². The zero-order chi connectivity index (χ0) is 9.97. The van der Waals surface area contributed by atoms with Crippen LogP contribution in [0.1, 0.15) is 18.1 Å². The Bertz CT molecular complexity index is 289. The second kappa shape index (κ2) is 4.09. The van der Waals surface area contributed by atoms with Gasteiger partial charge in [0.2, 0.25) is 0 Å². The summed E-state index contributed by atoms with van der Waals surface area (Å²) in [7, 11) is 1.86. The van der Waals surface area contributed by atoms with E-state index in [1.807, 2.05) is 25.2 Å². The monoisotopic (exact) mass is 193 g/mol. The molecule has 76 valence electrons. The molecule has 0 aromatic heterocycles. The predicted octanol–water partition coefficient (Wildman–Crippen LogP) is 1.36. The Labute approximate surface area is 83.9 Å². The summed E-state index contributed by atoms with van der Waals surface area (Å²) in [4.78, 5) is 5.62. The number of benzene rings is 1. The van der Waals surface area contributed by atoms with Crippen molar-refractivity contribution >= 4 is 0 Å². The lowest BCUT2D eigenvalue weighted by Gasteiger charge is -2.14. The molecule has 1 saturated heterocycles. The van der Waals surface area contributed by atoms with Crippen LogP contribution in [0, 0.1) is 0 Å². The van der Waals surface area contributed by atoms with Crippen LogP contribution in [0.25, 0.3) is 0 Å². The Hall–Kier alpha value is -0.900. The largest absolute Gasteiger partial charge is 0.395 e. The average molecular weight is 193 g/mol. The molecule has 0 aliphatic carbocycles. The van der Waals surface area contributed by atoms with Gasteiger partial charge in [0.25, 0.3) is 0 Å².